The van der Waals surface area contributed by atoms with Crippen LogP contribution in [0, 0.1) is 0 Å². The molecule has 0 amide bonds. The number of hydrogen-bond acceptors (Lipinski definition) is 6. The fourth-order valence-corrected chi connectivity index (χ4v) is 3.71. The van der Waals surface area contributed by atoms with E-state index in [0.717, 1.165) is 17.1 Å². The van der Waals surface area contributed by atoms with Gasteiger partial charge in [0.1, 0.15) is 10.7 Å². The average molecular weight is 339 g/mol. The molecule has 2 rings (SSSR count). The molecule has 0 atom stereocenters. The van der Waals surface area contributed by atoms with Gasteiger partial charge in [-0.25, -0.2) is 18.4 Å². The third kappa shape index (κ3) is 4.27. The molecule has 0 aromatic carbocycles. The lowest BCUT2D eigenvalue weighted by Gasteiger charge is -2.14. The topological polar surface area (TPSA) is 72.0 Å². The molecule has 0 unspecified atom stereocenters. The van der Waals surface area contributed by atoms with E-state index in [-0.39, 0.29) is 10.3 Å². The molecule has 0 spiro atoms. The van der Waals surface area contributed by atoms with Gasteiger partial charge >= 0.3 is 0 Å². The van der Waals surface area contributed by atoms with Gasteiger partial charge in [0, 0.05) is 36.2 Å². The van der Waals surface area contributed by atoms with Crippen molar-refractivity contribution in [3.8, 4) is 0 Å². The molecule has 7 heteroatoms. The van der Waals surface area contributed by atoms with Crippen LogP contribution in [0.1, 0.15) is 31.5 Å². The van der Waals surface area contributed by atoms with Crippen LogP contribution in [0.15, 0.2) is 28.6 Å². The van der Waals surface area contributed by atoms with Gasteiger partial charge in [-0.1, -0.05) is 20.8 Å². The van der Waals surface area contributed by atoms with Crippen molar-refractivity contribution in [3.05, 3.63) is 34.4 Å². The third-order valence-corrected chi connectivity index (χ3v) is 5.16. The molecule has 1 N–H and O–H groups in total. The highest BCUT2D eigenvalue weighted by Gasteiger charge is 2.17. The predicted molar refractivity (Wildman–Crippen MR) is 90.4 cm³/mol. The molecule has 2 aromatic rings. The molecular formula is C15H21N3O2S2. The van der Waals surface area contributed by atoms with Crippen LogP contribution in [0.3, 0.4) is 0 Å². The Morgan fingerprint density at radius 1 is 1.32 bits per heavy atom. The van der Waals surface area contributed by atoms with Gasteiger partial charge in [-0.15, -0.1) is 11.3 Å². The van der Waals surface area contributed by atoms with Gasteiger partial charge in [-0.05, 0) is 12.1 Å². The number of hydrogen-bond donors (Lipinski definition) is 1. The standard InChI is InChI=1S/C15H21N3O2S2/c1-15(2,3)12-10-21-13(18-12)7-9-17-14-11(22(4,19)20)6-5-8-16-14/h5-6,8,10H,7,9H2,1-4H3,(H,16,17). The van der Waals surface area contributed by atoms with Crippen molar-refractivity contribution < 1.29 is 8.42 Å². The van der Waals surface area contributed by atoms with Gasteiger partial charge < -0.3 is 5.32 Å². The Morgan fingerprint density at radius 3 is 2.64 bits per heavy atom. The second kappa shape index (κ2) is 6.34. The van der Waals surface area contributed by atoms with Gasteiger partial charge in [0.25, 0.3) is 0 Å². The fraction of sp³-hybridized carbons (Fsp3) is 0.467. The van der Waals surface area contributed by atoms with Crippen LogP contribution in [-0.4, -0.2) is 31.2 Å². The minimum atomic E-state index is -3.28. The van der Waals surface area contributed by atoms with Crippen LogP contribution in [-0.2, 0) is 21.7 Å². The summed E-state index contributed by atoms with van der Waals surface area (Å²) in [4.78, 5) is 8.96. The molecule has 0 saturated carbocycles. The molecule has 0 fully saturated rings. The number of nitrogens with zero attached hydrogens (tertiary/aromatic N) is 2. The summed E-state index contributed by atoms with van der Waals surface area (Å²) in [6.07, 6.45) is 3.50. The first-order chi connectivity index (χ1) is 10.2. The molecule has 5 nitrogen and oxygen atoms in total. The zero-order chi connectivity index (χ0) is 16.4. The average Bonchev–Trinajstić information content (AvgIpc) is 2.87. The lowest BCUT2D eigenvalue weighted by molar-refractivity contribution is 0.571. The molecule has 0 aliphatic rings. The number of thiazole rings is 1. The highest BCUT2D eigenvalue weighted by Crippen LogP contribution is 2.24. The van der Waals surface area contributed by atoms with E-state index < -0.39 is 9.84 Å². The smallest absolute Gasteiger partial charge is 0.179 e. The van der Waals surface area contributed by atoms with Crippen LogP contribution < -0.4 is 5.32 Å². The van der Waals surface area contributed by atoms with Crippen LogP contribution in [0.4, 0.5) is 5.82 Å². The van der Waals surface area contributed by atoms with E-state index >= 15 is 0 Å². The van der Waals surface area contributed by atoms with E-state index in [9.17, 15) is 8.42 Å². The molecule has 22 heavy (non-hydrogen) atoms. The monoisotopic (exact) mass is 339 g/mol. The first kappa shape index (κ1) is 16.9. The fourth-order valence-electron chi connectivity index (χ4n) is 1.88. The van der Waals surface area contributed by atoms with Crippen molar-refractivity contribution in [2.45, 2.75) is 37.5 Å². The van der Waals surface area contributed by atoms with Gasteiger partial charge in [-0.3, -0.25) is 0 Å². The molecule has 0 saturated heterocycles. The van der Waals surface area contributed by atoms with E-state index in [1.165, 1.54) is 6.26 Å². The molecule has 0 bridgehead atoms. The Balaban J connectivity index is 2.02. The lowest BCUT2D eigenvalue weighted by atomic mass is 9.93. The number of sulfone groups is 1. The van der Waals surface area contributed by atoms with Crippen LogP contribution in [0.2, 0.25) is 0 Å². The molecular weight excluding hydrogens is 318 g/mol. The summed E-state index contributed by atoms with van der Waals surface area (Å²) in [5.74, 6) is 0.401. The molecule has 0 aliphatic heterocycles. The van der Waals surface area contributed by atoms with E-state index in [4.69, 9.17) is 0 Å². The van der Waals surface area contributed by atoms with E-state index in [0.29, 0.717) is 12.4 Å². The number of aromatic nitrogens is 2. The van der Waals surface area contributed by atoms with Crippen molar-refractivity contribution >= 4 is 27.0 Å². The Hall–Kier alpha value is -1.47. The van der Waals surface area contributed by atoms with Crippen LogP contribution in [0.5, 0.6) is 0 Å². The van der Waals surface area contributed by atoms with Crippen molar-refractivity contribution in [1.82, 2.24) is 9.97 Å². The Kier molecular flexibility index (Phi) is 4.87. The second-order valence-electron chi connectivity index (χ2n) is 6.18. The van der Waals surface area contributed by atoms with Crippen LogP contribution in [0.25, 0.3) is 0 Å². The largest absolute Gasteiger partial charge is 0.369 e. The summed E-state index contributed by atoms with van der Waals surface area (Å²) in [5.41, 5.74) is 1.13. The molecule has 2 heterocycles. The summed E-state index contributed by atoms with van der Waals surface area (Å²) in [6, 6.07) is 3.18. The SMILES string of the molecule is CC(C)(C)c1csc(CCNc2ncccc2S(C)(=O)=O)n1. The van der Waals surface area contributed by atoms with E-state index in [2.05, 4.69) is 41.4 Å². The summed E-state index contributed by atoms with van der Waals surface area (Å²) >= 11 is 1.63. The van der Waals surface area contributed by atoms with Gasteiger partial charge in [0.2, 0.25) is 0 Å². The minimum absolute atomic E-state index is 0.0482. The third-order valence-electron chi connectivity index (χ3n) is 3.12. The highest BCUT2D eigenvalue weighted by atomic mass is 32.2. The van der Waals surface area contributed by atoms with Crippen molar-refractivity contribution in [1.29, 1.82) is 0 Å². The maximum Gasteiger partial charge on any atom is 0.179 e. The zero-order valence-corrected chi connectivity index (χ0v) is 14.9. The van der Waals surface area contributed by atoms with E-state index in [1.54, 1.807) is 29.7 Å². The number of nitrogens with one attached hydrogen (secondary N) is 1. The Morgan fingerprint density at radius 2 is 2.05 bits per heavy atom. The summed E-state index contributed by atoms with van der Waals surface area (Å²) in [7, 11) is -3.28. The van der Waals surface area contributed by atoms with E-state index in [1.807, 2.05) is 0 Å². The van der Waals surface area contributed by atoms with Crippen molar-refractivity contribution in [3.63, 3.8) is 0 Å². The minimum Gasteiger partial charge on any atom is -0.369 e. The van der Waals surface area contributed by atoms with Crippen LogP contribution >= 0.6 is 11.3 Å². The second-order valence-corrected chi connectivity index (χ2v) is 9.10. The summed E-state index contributed by atoms with van der Waals surface area (Å²) in [5, 5.41) is 6.21. The summed E-state index contributed by atoms with van der Waals surface area (Å²) < 4.78 is 23.4. The van der Waals surface area contributed by atoms with Crippen molar-refractivity contribution in [2.24, 2.45) is 0 Å². The lowest BCUT2D eigenvalue weighted by Crippen LogP contribution is -2.13. The summed E-state index contributed by atoms with van der Waals surface area (Å²) in [6.45, 7) is 7.00. The maximum absolute atomic E-state index is 11.7. The van der Waals surface area contributed by atoms with Gasteiger partial charge in [-0.2, -0.15) is 0 Å². The Bertz CT molecular complexity index is 746. The quantitative estimate of drug-likeness (QED) is 0.907. The van der Waals surface area contributed by atoms with Crippen molar-refractivity contribution in [2.75, 3.05) is 18.1 Å². The first-order valence-electron chi connectivity index (χ1n) is 7.02. The molecule has 0 radical (unpaired) electrons. The van der Waals surface area contributed by atoms with Gasteiger partial charge in [0.05, 0.1) is 10.7 Å². The molecule has 0 aliphatic carbocycles. The highest BCUT2D eigenvalue weighted by molar-refractivity contribution is 7.90. The zero-order valence-electron chi connectivity index (χ0n) is 13.3. The molecule has 120 valence electrons. The normalized spacial score (nSPS) is 12.4. The number of pyridine rings is 1. The first-order valence-corrected chi connectivity index (χ1v) is 9.79. The molecule has 2 aromatic heterocycles. The number of rotatable bonds is 5. The predicted octanol–water partition coefficient (Wildman–Crippen LogP) is 2.89. The maximum atomic E-state index is 11.7. The van der Waals surface area contributed by atoms with Gasteiger partial charge in [0.15, 0.2) is 9.84 Å². The Labute approximate surface area is 135 Å². The number of anilines is 1.